The zero-order valence-corrected chi connectivity index (χ0v) is 32.3. The van der Waals surface area contributed by atoms with Crippen LogP contribution in [0.5, 0.6) is 11.5 Å². The summed E-state index contributed by atoms with van der Waals surface area (Å²) in [5.41, 5.74) is 7.42. The van der Waals surface area contributed by atoms with Gasteiger partial charge in [0.05, 0.1) is 12.0 Å². The topological polar surface area (TPSA) is 24.7 Å². The highest BCUT2D eigenvalue weighted by molar-refractivity contribution is 6.03. The van der Waals surface area contributed by atoms with E-state index in [2.05, 4.69) is 213 Å². The Balaban J connectivity index is 0.976. The van der Waals surface area contributed by atoms with E-state index in [0.717, 1.165) is 35.4 Å². The number of hydrogen-bond donors (Lipinski definition) is 0. The van der Waals surface area contributed by atoms with Crippen molar-refractivity contribution in [3.63, 3.8) is 0 Å². The van der Waals surface area contributed by atoms with E-state index in [1.807, 2.05) is 0 Å². The van der Waals surface area contributed by atoms with E-state index in [9.17, 15) is 0 Å². The summed E-state index contributed by atoms with van der Waals surface area (Å²) in [6.45, 7) is 11.9. The van der Waals surface area contributed by atoms with Crippen LogP contribution in [0.3, 0.4) is 0 Å². The summed E-state index contributed by atoms with van der Waals surface area (Å²) in [6.07, 6.45) is 15.2. The third-order valence-electron chi connectivity index (χ3n) is 11.2. The van der Waals surface area contributed by atoms with Gasteiger partial charge >= 0.3 is 0 Å². The predicted molar refractivity (Wildman–Crippen MR) is 230 cm³/mol. The van der Waals surface area contributed by atoms with E-state index < -0.39 is 0 Å². The Kier molecular flexibility index (Phi) is 9.99. The third-order valence-corrected chi connectivity index (χ3v) is 11.2. The summed E-state index contributed by atoms with van der Waals surface area (Å²) >= 11 is 0. The summed E-state index contributed by atoms with van der Waals surface area (Å²) < 4.78 is 15.2. The van der Waals surface area contributed by atoms with E-state index in [0.29, 0.717) is 13.2 Å². The van der Waals surface area contributed by atoms with Crippen molar-refractivity contribution in [2.45, 2.75) is 38.5 Å². The van der Waals surface area contributed by atoms with Gasteiger partial charge in [-0.05, 0) is 54.5 Å². The Morgan fingerprint density at radius 2 is 1.11 bits per heavy atom. The Hall–Kier alpha value is -6.13. The Labute approximate surface area is 325 Å². The fourth-order valence-corrected chi connectivity index (χ4v) is 8.39. The Morgan fingerprint density at radius 1 is 0.545 bits per heavy atom. The molecule has 0 amide bonds. The van der Waals surface area contributed by atoms with Crippen molar-refractivity contribution >= 4 is 38.6 Å². The molecule has 4 heteroatoms. The molecule has 2 aliphatic heterocycles. The molecular formula is C51H49N2O2+. The zero-order valence-electron chi connectivity index (χ0n) is 32.3. The molecule has 0 radical (unpaired) electrons. The number of para-hydroxylation sites is 2. The molecule has 0 atom stereocenters. The molecule has 6 aromatic rings. The minimum absolute atomic E-state index is 0.134. The summed E-state index contributed by atoms with van der Waals surface area (Å²) in [6, 6.07) is 46.8. The quantitative estimate of drug-likeness (QED) is 0.0929. The number of anilines is 1. The predicted octanol–water partition coefficient (Wildman–Crippen LogP) is 11.9. The standard InChI is InChI=1S/C51H49N2O2/c1-50(2)42-26-14-16-28-44(42)52(34-36-54-46-30-18-22-38-20-10-12-24-40(38)46)48(50)32-8-6-5-7-9-33-49-51(3,4)43-27-15-17-29-45(43)53(49)35-37-55-47-31-19-23-39-21-11-13-25-41(39)47/h5-33H,34-37H2,1-4H3/q+1. The molecule has 6 aromatic carbocycles. The molecule has 274 valence electrons. The molecular weight excluding hydrogens is 673 g/mol. The summed E-state index contributed by atoms with van der Waals surface area (Å²) in [7, 11) is 0. The van der Waals surface area contributed by atoms with Gasteiger partial charge in [0, 0.05) is 45.3 Å². The average molecular weight is 722 g/mol. The molecule has 55 heavy (non-hydrogen) atoms. The number of fused-ring (bicyclic) bond motifs is 4. The van der Waals surface area contributed by atoms with E-state index in [1.54, 1.807) is 0 Å². The van der Waals surface area contributed by atoms with Crippen LogP contribution in [0.4, 0.5) is 11.4 Å². The van der Waals surface area contributed by atoms with Gasteiger partial charge in [0.25, 0.3) is 0 Å². The molecule has 2 aliphatic rings. The molecule has 8 rings (SSSR count). The van der Waals surface area contributed by atoms with Gasteiger partial charge < -0.3 is 14.4 Å². The van der Waals surface area contributed by atoms with E-state index >= 15 is 0 Å². The Bertz CT molecular complexity index is 2500. The molecule has 0 saturated carbocycles. The first-order chi connectivity index (χ1) is 26.8. The summed E-state index contributed by atoms with van der Waals surface area (Å²) in [5.74, 6) is 1.85. The smallest absolute Gasteiger partial charge is 0.209 e. The van der Waals surface area contributed by atoms with Crippen LogP contribution in [-0.2, 0) is 10.8 Å². The highest BCUT2D eigenvalue weighted by Gasteiger charge is 2.44. The second-order valence-electron chi connectivity index (χ2n) is 15.3. The highest BCUT2D eigenvalue weighted by atomic mass is 16.5. The second kappa shape index (κ2) is 15.3. The van der Waals surface area contributed by atoms with Crippen LogP contribution < -0.4 is 14.4 Å². The minimum Gasteiger partial charge on any atom is -0.491 e. The number of nitrogens with zero attached hydrogens (tertiary/aromatic N) is 2. The SMILES string of the molecule is CC1(C)C(/C=C/C=C/C=C/C=C2/N(CCOc3cccc4ccccc34)c3ccccc3C2(C)C)=[N+](CCOc2cccc3ccccc23)c2ccccc21. The van der Waals surface area contributed by atoms with Gasteiger partial charge in [-0.15, -0.1) is 0 Å². The van der Waals surface area contributed by atoms with Crippen LogP contribution in [0.1, 0.15) is 38.8 Å². The lowest BCUT2D eigenvalue weighted by Gasteiger charge is -2.27. The van der Waals surface area contributed by atoms with Crippen molar-refractivity contribution in [1.29, 1.82) is 0 Å². The normalized spacial score (nSPS) is 16.7. The zero-order chi connectivity index (χ0) is 37.8. The first-order valence-electron chi connectivity index (χ1n) is 19.4. The lowest BCUT2D eigenvalue weighted by molar-refractivity contribution is -0.439. The van der Waals surface area contributed by atoms with Gasteiger partial charge in [-0.2, -0.15) is 4.58 Å². The van der Waals surface area contributed by atoms with E-state index in [-0.39, 0.29) is 10.8 Å². The molecule has 0 aromatic heterocycles. The molecule has 0 unspecified atom stereocenters. The first-order valence-corrected chi connectivity index (χ1v) is 19.4. The average Bonchev–Trinajstić information content (AvgIpc) is 3.56. The van der Waals surface area contributed by atoms with Gasteiger partial charge in [0.15, 0.2) is 12.3 Å². The number of ether oxygens (including phenoxy) is 2. The van der Waals surface area contributed by atoms with Gasteiger partial charge in [0.1, 0.15) is 24.7 Å². The Morgan fingerprint density at radius 3 is 1.84 bits per heavy atom. The fourth-order valence-electron chi connectivity index (χ4n) is 8.39. The number of rotatable bonds is 12. The summed E-state index contributed by atoms with van der Waals surface area (Å²) in [5, 5.41) is 4.67. The van der Waals surface area contributed by atoms with Crippen LogP contribution in [0.15, 0.2) is 182 Å². The van der Waals surface area contributed by atoms with Crippen molar-refractivity contribution in [1.82, 2.24) is 0 Å². The largest absolute Gasteiger partial charge is 0.491 e. The molecule has 0 aliphatic carbocycles. The lowest BCUT2D eigenvalue weighted by Crippen LogP contribution is -2.29. The second-order valence-corrected chi connectivity index (χ2v) is 15.3. The van der Waals surface area contributed by atoms with Crippen LogP contribution in [-0.4, -0.2) is 36.6 Å². The van der Waals surface area contributed by atoms with Crippen LogP contribution in [0.2, 0.25) is 0 Å². The lowest BCUT2D eigenvalue weighted by atomic mass is 9.81. The highest BCUT2D eigenvalue weighted by Crippen LogP contribution is 2.47. The van der Waals surface area contributed by atoms with Crippen LogP contribution in [0, 0.1) is 0 Å². The molecule has 0 fully saturated rings. The van der Waals surface area contributed by atoms with Gasteiger partial charge in [-0.3, -0.25) is 0 Å². The number of hydrogen-bond acceptors (Lipinski definition) is 3. The van der Waals surface area contributed by atoms with Gasteiger partial charge in [-0.25, -0.2) is 0 Å². The molecule has 4 nitrogen and oxygen atoms in total. The molecule has 0 spiro atoms. The third kappa shape index (κ3) is 7.01. The summed E-state index contributed by atoms with van der Waals surface area (Å²) in [4.78, 5) is 2.42. The number of benzene rings is 6. The monoisotopic (exact) mass is 721 g/mol. The van der Waals surface area contributed by atoms with Crippen molar-refractivity contribution in [3.05, 3.63) is 193 Å². The van der Waals surface area contributed by atoms with E-state index in [4.69, 9.17) is 9.47 Å². The maximum absolute atomic E-state index is 6.41. The maximum Gasteiger partial charge on any atom is 0.209 e. The van der Waals surface area contributed by atoms with Gasteiger partial charge in [-0.1, -0.05) is 153 Å². The van der Waals surface area contributed by atoms with E-state index in [1.165, 1.54) is 44.7 Å². The first kappa shape index (κ1) is 35.9. The van der Waals surface area contributed by atoms with Crippen LogP contribution in [0.25, 0.3) is 21.5 Å². The van der Waals surface area contributed by atoms with Crippen molar-refractivity contribution in [2.75, 3.05) is 31.2 Å². The van der Waals surface area contributed by atoms with Crippen LogP contribution >= 0.6 is 0 Å². The van der Waals surface area contributed by atoms with Crippen molar-refractivity contribution in [3.8, 4) is 11.5 Å². The number of allylic oxidation sites excluding steroid dienone is 8. The minimum atomic E-state index is -0.134. The molecule has 0 N–H and O–H groups in total. The maximum atomic E-state index is 6.41. The van der Waals surface area contributed by atoms with Crippen molar-refractivity contribution < 1.29 is 14.0 Å². The van der Waals surface area contributed by atoms with Gasteiger partial charge in [0.2, 0.25) is 5.69 Å². The molecule has 0 bridgehead atoms. The molecule has 0 saturated heterocycles. The van der Waals surface area contributed by atoms with Crippen molar-refractivity contribution in [2.24, 2.45) is 0 Å². The molecule has 2 heterocycles. The fraction of sp³-hybridized carbons (Fsp3) is 0.196.